The molecule has 0 saturated heterocycles. The van der Waals surface area contributed by atoms with Gasteiger partial charge in [-0.05, 0) is 12.3 Å². The van der Waals surface area contributed by atoms with Crippen molar-refractivity contribution < 1.29 is 8.78 Å². The topological polar surface area (TPSA) is 12.9 Å². The first-order chi connectivity index (χ1) is 5.66. The molecule has 1 aliphatic carbocycles. The first-order valence-corrected chi connectivity index (χ1v) is 4.85. The molecule has 66 valence electrons. The van der Waals surface area contributed by atoms with Crippen LogP contribution in [-0.4, -0.2) is 10.9 Å². The molecule has 1 saturated carbocycles. The minimum atomic E-state index is -2.39. The summed E-state index contributed by atoms with van der Waals surface area (Å²) >= 11 is 1.52. The standard InChI is InChI=1S/C8H9F2NS/c9-8(10)2-6(3-8)1-7-4-12-5-11-7/h4-6H,1-3H2. The van der Waals surface area contributed by atoms with E-state index in [2.05, 4.69) is 4.98 Å². The molecule has 0 spiro atoms. The fourth-order valence-electron chi connectivity index (χ4n) is 1.56. The van der Waals surface area contributed by atoms with Crippen molar-refractivity contribution in [3.63, 3.8) is 0 Å². The zero-order valence-electron chi connectivity index (χ0n) is 6.46. The van der Waals surface area contributed by atoms with Crippen molar-refractivity contribution in [2.75, 3.05) is 0 Å². The van der Waals surface area contributed by atoms with Gasteiger partial charge in [0.25, 0.3) is 0 Å². The normalized spacial score (nSPS) is 22.2. The lowest BCUT2D eigenvalue weighted by Crippen LogP contribution is -2.36. The van der Waals surface area contributed by atoms with E-state index in [9.17, 15) is 8.78 Å². The van der Waals surface area contributed by atoms with Crippen LogP contribution in [0.4, 0.5) is 8.78 Å². The molecular weight excluding hydrogens is 180 g/mol. The van der Waals surface area contributed by atoms with Crippen molar-refractivity contribution in [1.29, 1.82) is 0 Å². The zero-order valence-corrected chi connectivity index (χ0v) is 7.28. The lowest BCUT2D eigenvalue weighted by molar-refractivity contribution is -0.109. The van der Waals surface area contributed by atoms with Crippen LogP contribution >= 0.6 is 11.3 Å². The second-order valence-corrected chi connectivity index (χ2v) is 4.03. The van der Waals surface area contributed by atoms with Gasteiger partial charge in [-0.2, -0.15) is 0 Å². The highest BCUT2D eigenvalue weighted by molar-refractivity contribution is 7.07. The third-order valence-electron chi connectivity index (χ3n) is 2.16. The minimum Gasteiger partial charge on any atom is -0.250 e. The highest BCUT2D eigenvalue weighted by atomic mass is 32.1. The van der Waals surface area contributed by atoms with Crippen molar-refractivity contribution in [3.05, 3.63) is 16.6 Å². The third-order valence-corrected chi connectivity index (χ3v) is 2.79. The van der Waals surface area contributed by atoms with E-state index < -0.39 is 5.92 Å². The molecular formula is C8H9F2NS. The summed E-state index contributed by atoms with van der Waals surface area (Å²) < 4.78 is 24.8. The van der Waals surface area contributed by atoms with E-state index >= 15 is 0 Å². The molecule has 0 aromatic carbocycles. The van der Waals surface area contributed by atoms with Gasteiger partial charge in [0.15, 0.2) is 0 Å². The Morgan fingerprint density at radius 3 is 2.83 bits per heavy atom. The van der Waals surface area contributed by atoms with E-state index in [-0.39, 0.29) is 18.8 Å². The molecule has 2 rings (SSSR count). The Kier molecular flexibility index (Phi) is 1.87. The number of nitrogens with zero attached hydrogens (tertiary/aromatic N) is 1. The Hall–Kier alpha value is -0.510. The Morgan fingerprint density at radius 2 is 2.33 bits per heavy atom. The zero-order chi connectivity index (χ0) is 8.60. The van der Waals surface area contributed by atoms with Crippen molar-refractivity contribution >= 4 is 11.3 Å². The lowest BCUT2D eigenvalue weighted by atomic mass is 9.79. The molecule has 1 nitrogen and oxygen atoms in total. The maximum Gasteiger partial charge on any atom is 0.248 e. The van der Waals surface area contributed by atoms with Crippen molar-refractivity contribution in [2.45, 2.75) is 25.2 Å². The Bertz CT molecular complexity index is 250. The summed E-state index contributed by atoms with van der Waals surface area (Å²) in [6, 6.07) is 0. The maximum atomic E-state index is 12.4. The van der Waals surface area contributed by atoms with E-state index in [1.165, 1.54) is 11.3 Å². The van der Waals surface area contributed by atoms with Crippen molar-refractivity contribution in [1.82, 2.24) is 4.98 Å². The summed E-state index contributed by atoms with van der Waals surface area (Å²) in [5.41, 5.74) is 2.70. The molecule has 0 atom stereocenters. The van der Waals surface area contributed by atoms with Crippen LogP contribution in [0.5, 0.6) is 0 Å². The maximum absolute atomic E-state index is 12.4. The molecule has 0 amide bonds. The summed E-state index contributed by atoms with van der Waals surface area (Å²) in [7, 11) is 0. The van der Waals surface area contributed by atoms with E-state index in [4.69, 9.17) is 0 Å². The molecule has 1 aliphatic rings. The van der Waals surface area contributed by atoms with Gasteiger partial charge < -0.3 is 0 Å². The quantitative estimate of drug-likeness (QED) is 0.697. The van der Waals surface area contributed by atoms with Gasteiger partial charge in [-0.3, -0.25) is 0 Å². The van der Waals surface area contributed by atoms with Crippen LogP contribution in [0.25, 0.3) is 0 Å². The molecule has 0 bridgehead atoms. The summed E-state index contributed by atoms with van der Waals surface area (Å²) in [4.78, 5) is 4.06. The predicted octanol–water partition coefficient (Wildman–Crippen LogP) is 2.73. The molecule has 1 heterocycles. The van der Waals surface area contributed by atoms with Gasteiger partial charge in [0.2, 0.25) is 5.92 Å². The monoisotopic (exact) mass is 189 g/mol. The van der Waals surface area contributed by atoms with E-state index in [1.54, 1.807) is 5.51 Å². The Morgan fingerprint density at radius 1 is 1.58 bits per heavy atom. The molecule has 0 radical (unpaired) electrons. The SMILES string of the molecule is FC1(F)CC(Cc2cscn2)C1. The molecule has 0 aliphatic heterocycles. The highest BCUT2D eigenvalue weighted by Crippen LogP contribution is 2.43. The first kappa shape index (κ1) is 8.10. The second-order valence-electron chi connectivity index (χ2n) is 3.31. The minimum absolute atomic E-state index is 0.0462. The van der Waals surface area contributed by atoms with Crippen LogP contribution in [0.1, 0.15) is 18.5 Å². The van der Waals surface area contributed by atoms with Crippen molar-refractivity contribution in [2.24, 2.45) is 5.92 Å². The van der Waals surface area contributed by atoms with Gasteiger partial charge in [0.05, 0.1) is 11.2 Å². The van der Waals surface area contributed by atoms with Gasteiger partial charge in [0.1, 0.15) is 0 Å². The average Bonchev–Trinajstić information content (AvgIpc) is 2.35. The molecule has 0 unspecified atom stereocenters. The highest BCUT2D eigenvalue weighted by Gasteiger charge is 2.44. The van der Waals surface area contributed by atoms with Crippen LogP contribution in [0.2, 0.25) is 0 Å². The largest absolute Gasteiger partial charge is 0.250 e. The second kappa shape index (κ2) is 2.76. The number of aromatic nitrogens is 1. The fraction of sp³-hybridized carbons (Fsp3) is 0.625. The Balaban J connectivity index is 1.84. The molecule has 0 N–H and O–H groups in total. The van der Waals surface area contributed by atoms with E-state index in [0.717, 1.165) is 12.1 Å². The molecule has 1 fully saturated rings. The van der Waals surface area contributed by atoms with E-state index in [1.807, 2.05) is 5.38 Å². The van der Waals surface area contributed by atoms with Gasteiger partial charge in [0, 0.05) is 18.2 Å². The summed E-state index contributed by atoms with van der Waals surface area (Å²) in [6.07, 6.45) is 0.814. The first-order valence-electron chi connectivity index (χ1n) is 3.91. The van der Waals surface area contributed by atoms with Crippen molar-refractivity contribution in [3.8, 4) is 0 Å². The van der Waals surface area contributed by atoms with Crippen LogP contribution in [0.3, 0.4) is 0 Å². The van der Waals surface area contributed by atoms with Gasteiger partial charge in [-0.1, -0.05) is 0 Å². The molecule has 4 heteroatoms. The van der Waals surface area contributed by atoms with Crippen LogP contribution < -0.4 is 0 Å². The number of alkyl halides is 2. The predicted molar refractivity (Wildman–Crippen MR) is 43.5 cm³/mol. The van der Waals surface area contributed by atoms with Crippen LogP contribution in [0.15, 0.2) is 10.9 Å². The summed E-state index contributed by atoms with van der Waals surface area (Å²) in [5.74, 6) is -2.23. The number of hydrogen-bond donors (Lipinski definition) is 0. The molecule has 1 aromatic heterocycles. The van der Waals surface area contributed by atoms with Crippen LogP contribution in [0, 0.1) is 5.92 Å². The number of rotatable bonds is 2. The van der Waals surface area contributed by atoms with Gasteiger partial charge in [-0.25, -0.2) is 13.8 Å². The lowest BCUT2D eigenvalue weighted by Gasteiger charge is -2.34. The molecule has 1 aromatic rings. The Labute approximate surface area is 73.4 Å². The molecule has 12 heavy (non-hydrogen) atoms. The van der Waals surface area contributed by atoms with Gasteiger partial charge in [-0.15, -0.1) is 11.3 Å². The summed E-state index contributed by atoms with van der Waals surface area (Å²) in [5, 5.41) is 1.93. The van der Waals surface area contributed by atoms with E-state index in [0.29, 0.717) is 0 Å². The van der Waals surface area contributed by atoms with Crippen LogP contribution in [-0.2, 0) is 6.42 Å². The number of thiazole rings is 1. The number of hydrogen-bond acceptors (Lipinski definition) is 2. The van der Waals surface area contributed by atoms with Gasteiger partial charge >= 0.3 is 0 Å². The third kappa shape index (κ3) is 1.63. The smallest absolute Gasteiger partial charge is 0.248 e. The fourth-order valence-corrected chi connectivity index (χ4v) is 2.13. The average molecular weight is 189 g/mol. The summed E-state index contributed by atoms with van der Waals surface area (Å²) in [6.45, 7) is 0. The number of halogens is 2.